The maximum atomic E-state index is 14.6. The van der Waals surface area contributed by atoms with E-state index >= 15 is 0 Å². The molecule has 12 nitrogen and oxygen atoms in total. The number of piperidine rings is 1. The molecule has 1 amide bonds. The van der Waals surface area contributed by atoms with Gasteiger partial charge in [-0.2, -0.15) is 0 Å². The van der Waals surface area contributed by atoms with E-state index in [0.29, 0.717) is 54.2 Å². The number of carboxylic acid groups (broad SMARTS) is 2. The highest BCUT2D eigenvalue weighted by Gasteiger charge is 2.24. The number of hydrogen-bond donors (Lipinski definition) is 4. The average molecular weight is 625 g/mol. The number of ether oxygens (including phenoxy) is 2. The Hall–Kier alpha value is -4.20. The second kappa shape index (κ2) is 14.6. The predicted molar refractivity (Wildman–Crippen MR) is 152 cm³/mol. The zero-order valence-electron chi connectivity index (χ0n) is 22.2. The molecule has 1 atom stereocenters. The number of halogens is 3. The fraction of sp³-hybridized carbons (Fsp3) is 0.296. The van der Waals surface area contributed by atoms with Crippen molar-refractivity contribution in [3.63, 3.8) is 0 Å². The number of anilines is 2. The molecule has 1 aromatic heterocycles. The van der Waals surface area contributed by atoms with Crippen molar-refractivity contribution in [2.24, 2.45) is 0 Å². The van der Waals surface area contributed by atoms with Gasteiger partial charge in [0.05, 0.1) is 34.8 Å². The van der Waals surface area contributed by atoms with Crippen molar-refractivity contribution < 1.29 is 43.6 Å². The first-order valence-corrected chi connectivity index (χ1v) is 13.1. The third-order valence-corrected chi connectivity index (χ3v) is 6.87. The number of aliphatic hydroxyl groups excluding tert-OH is 1. The second-order valence-electron chi connectivity index (χ2n) is 8.89. The van der Waals surface area contributed by atoms with Crippen LogP contribution in [0.15, 0.2) is 43.2 Å². The maximum Gasteiger partial charge on any atom is 0.333 e. The number of nitrogens with one attached hydrogen (secondary N) is 1. The number of hydrogen-bond acceptors (Lipinski definition) is 9. The van der Waals surface area contributed by atoms with Gasteiger partial charge >= 0.3 is 11.9 Å². The number of aliphatic hydroxyl groups is 1. The summed E-state index contributed by atoms with van der Waals surface area (Å²) in [6.07, 6.45) is 1.39. The molecule has 1 saturated heterocycles. The molecule has 42 heavy (non-hydrogen) atoms. The predicted octanol–water partition coefficient (Wildman–Crippen LogP) is 4.29. The Morgan fingerprint density at radius 3 is 2.45 bits per heavy atom. The van der Waals surface area contributed by atoms with Crippen LogP contribution in [0.4, 0.5) is 15.9 Å². The summed E-state index contributed by atoms with van der Waals surface area (Å²) >= 11 is 11.8. The van der Waals surface area contributed by atoms with E-state index in [-0.39, 0.29) is 27.7 Å². The summed E-state index contributed by atoms with van der Waals surface area (Å²) in [6.45, 7) is 4.70. The number of aliphatic carboxylic acids is 2. The van der Waals surface area contributed by atoms with Crippen LogP contribution in [0.1, 0.15) is 19.3 Å². The molecule has 0 saturated carbocycles. The fourth-order valence-corrected chi connectivity index (χ4v) is 4.23. The van der Waals surface area contributed by atoms with Crippen LogP contribution in [0, 0.1) is 5.82 Å². The smallest absolute Gasteiger partial charge is 0.333 e. The molecule has 3 aromatic rings. The SMILES string of the molecule is C=CC(=O)N1CCC(Oc2cc3c(Nc4ccc(Cl)c(Cl)c4F)ncnc3cc2OC)CC1.O=C(O)CC(O)C(=O)O. The Morgan fingerprint density at radius 1 is 1.19 bits per heavy atom. The first-order valence-electron chi connectivity index (χ1n) is 12.4. The van der Waals surface area contributed by atoms with Gasteiger partial charge in [-0.05, 0) is 24.3 Å². The molecule has 2 aromatic carbocycles. The van der Waals surface area contributed by atoms with E-state index in [1.807, 2.05) is 0 Å². The molecule has 224 valence electrons. The standard InChI is InChI=1S/C23H21Cl2FN4O3.C4H6O5/c1-3-20(31)30-8-6-13(7-9-30)33-19-10-14-17(11-18(19)32-2)27-12-28-23(14)29-16-5-4-15(24)21(25)22(16)26;5-2(4(8)9)1-3(6)7/h3-5,10-13H,1,6-9H2,2H3,(H,27,28,29);2,5H,1H2,(H,6,7)(H,8,9). The highest BCUT2D eigenvalue weighted by molar-refractivity contribution is 6.42. The molecule has 0 spiro atoms. The van der Waals surface area contributed by atoms with Crippen molar-refractivity contribution in [1.82, 2.24) is 14.9 Å². The summed E-state index contributed by atoms with van der Waals surface area (Å²) < 4.78 is 26.3. The van der Waals surface area contributed by atoms with Crippen molar-refractivity contribution in [3.8, 4) is 11.5 Å². The molecular weight excluding hydrogens is 598 g/mol. The number of carbonyl (C=O) groups excluding carboxylic acids is 1. The quantitative estimate of drug-likeness (QED) is 0.198. The molecule has 1 fully saturated rings. The van der Waals surface area contributed by atoms with Crippen LogP contribution >= 0.6 is 23.2 Å². The number of likely N-dealkylation sites (tertiary alicyclic amines) is 1. The van der Waals surface area contributed by atoms with Gasteiger partial charge in [-0.15, -0.1) is 0 Å². The normalized spacial score (nSPS) is 13.9. The van der Waals surface area contributed by atoms with E-state index in [9.17, 15) is 18.8 Å². The Morgan fingerprint density at radius 2 is 1.88 bits per heavy atom. The van der Waals surface area contributed by atoms with Crippen molar-refractivity contribution in [1.29, 1.82) is 0 Å². The summed E-state index contributed by atoms with van der Waals surface area (Å²) in [5.41, 5.74) is 0.713. The van der Waals surface area contributed by atoms with Crippen LogP contribution in [0.2, 0.25) is 10.0 Å². The average Bonchev–Trinajstić information content (AvgIpc) is 2.97. The van der Waals surface area contributed by atoms with Gasteiger partial charge in [0.25, 0.3) is 0 Å². The number of nitrogens with zero attached hydrogens (tertiary/aromatic N) is 3. The lowest BCUT2D eigenvalue weighted by Crippen LogP contribution is -2.41. The molecule has 1 aliphatic heterocycles. The molecule has 4 N–H and O–H groups in total. The first kappa shape index (κ1) is 32.3. The first-order chi connectivity index (χ1) is 19.9. The number of carboxylic acids is 2. The molecule has 15 heteroatoms. The number of aromatic nitrogens is 2. The van der Waals surface area contributed by atoms with Gasteiger partial charge in [-0.3, -0.25) is 9.59 Å². The third kappa shape index (κ3) is 8.18. The van der Waals surface area contributed by atoms with E-state index in [1.54, 1.807) is 24.1 Å². The lowest BCUT2D eigenvalue weighted by molar-refractivity contribution is -0.152. The summed E-state index contributed by atoms with van der Waals surface area (Å²) in [7, 11) is 1.55. The minimum atomic E-state index is -1.79. The number of amides is 1. The van der Waals surface area contributed by atoms with Gasteiger partial charge in [0, 0.05) is 37.4 Å². The minimum Gasteiger partial charge on any atom is -0.493 e. The number of methoxy groups -OCH3 is 1. The molecule has 4 rings (SSSR count). The largest absolute Gasteiger partial charge is 0.493 e. The van der Waals surface area contributed by atoms with E-state index in [1.165, 1.54) is 24.5 Å². The van der Waals surface area contributed by atoms with Crippen LogP contribution in [0.5, 0.6) is 11.5 Å². The summed E-state index contributed by atoms with van der Waals surface area (Å²) in [5, 5.41) is 27.7. The molecule has 1 unspecified atom stereocenters. The van der Waals surface area contributed by atoms with E-state index in [4.69, 9.17) is 48.0 Å². The summed E-state index contributed by atoms with van der Waals surface area (Å²) in [5.74, 6) is -2.22. The van der Waals surface area contributed by atoms with E-state index in [2.05, 4.69) is 21.9 Å². The van der Waals surface area contributed by atoms with E-state index < -0.39 is 30.3 Å². The summed E-state index contributed by atoms with van der Waals surface area (Å²) in [4.78, 5) is 41.5. The van der Waals surface area contributed by atoms with Crippen LogP contribution in [-0.2, 0) is 14.4 Å². The zero-order valence-corrected chi connectivity index (χ0v) is 23.7. The van der Waals surface area contributed by atoms with E-state index in [0.717, 1.165) is 0 Å². The molecule has 0 bridgehead atoms. The topological polar surface area (TPSA) is 171 Å². The van der Waals surface area contributed by atoms with Gasteiger partial charge in [-0.25, -0.2) is 19.2 Å². The minimum absolute atomic E-state index is 0.0841. The van der Waals surface area contributed by atoms with Crippen molar-refractivity contribution in [2.45, 2.75) is 31.5 Å². The van der Waals surface area contributed by atoms with Crippen LogP contribution in [0.25, 0.3) is 10.9 Å². The Kier molecular flexibility index (Phi) is 11.2. The lowest BCUT2D eigenvalue weighted by atomic mass is 10.1. The third-order valence-electron chi connectivity index (χ3n) is 6.08. The van der Waals surface area contributed by atoms with Crippen LogP contribution in [-0.4, -0.2) is 80.4 Å². The van der Waals surface area contributed by atoms with Gasteiger partial charge in [0.2, 0.25) is 5.91 Å². The molecular formula is C27H27Cl2FN4O8. The van der Waals surface area contributed by atoms with Crippen LogP contribution < -0.4 is 14.8 Å². The van der Waals surface area contributed by atoms with Gasteiger partial charge < -0.3 is 35.0 Å². The molecule has 2 heterocycles. The highest BCUT2D eigenvalue weighted by Crippen LogP contribution is 2.37. The number of benzene rings is 2. The Bertz CT molecular complexity index is 1480. The summed E-state index contributed by atoms with van der Waals surface area (Å²) in [6, 6.07) is 6.47. The van der Waals surface area contributed by atoms with Gasteiger partial charge in [0.1, 0.15) is 18.2 Å². The van der Waals surface area contributed by atoms with Crippen molar-refractivity contribution in [2.75, 3.05) is 25.5 Å². The number of carbonyl (C=O) groups is 3. The fourth-order valence-electron chi connectivity index (χ4n) is 3.92. The number of rotatable bonds is 9. The zero-order chi connectivity index (χ0) is 31.0. The van der Waals surface area contributed by atoms with Crippen molar-refractivity contribution in [3.05, 3.63) is 59.1 Å². The second-order valence-corrected chi connectivity index (χ2v) is 9.67. The molecule has 0 radical (unpaired) electrons. The molecule has 1 aliphatic rings. The Balaban J connectivity index is 0.000000467. The molecule has 0 aliphatic carbocycles. The van der Waals surface area contributed by atoms with Crippen LogP contribution in [0.3, 0.4) is 0 Å². The monoisotopic (exact) mass is 624 g/mol. The lowest BCUT2D eigenvalue weighted by Gasteiger charge is -2.31. The number of fused-ring (bicyclic) bond motifs is 1. The van der Waals surface area contributed by atoms with Crippen molar-refractivity contribution >= 4 is 63.5 Å². The van der Waals surface area contributed by atoms with Gasteiger partial charge in [0.15, 0.2) is 23.4 Å². The maximum absolute atomic E-state index is 14.6. The Labute approximate surface area is 249 Å². The van der Waals surface area contributed by atoms with Gasteiger partial charge in [-0.1, -0.05) is 29.8 Å². The highest BCUT2D eigenvalue weighted by atomic mass is 35.5.